The maximum Gasteiger partial charge on any atom is 0.326 e. The molecule has 19 heavy (non-hydrogen) atoms. The minimum absolute atomic E-state index is 0.0370. The summed E-state index contributed by atoms with van der Waals surface area (Å²) >= 11 is 3.41. The van der Waals surface area contributed by atoms with Crippen molar-refractivity contribution < 1.29 is 14.3 Å². The van der Waals surface area contributed by atoms with Gasteiger partial charge in [0.25, 0.3) is 0 Å². The summed E-state index contributed by atoms with van der Waals surface area (Å²) in [5, 5.41) is 0. The molecule has 1 heterocycles. The van der Waals surface area contributed by atoms with E-state index in [1.165, 1.54) is 4.90 Å². The smallest absolute Gasteiger partial charge is 0.326 e. The van der Waals surface area contributed by atoms with Crippen LogP contribution < -0.4 is 4.90 Å². The Bertz CT molecular complexity index is 539. The highest BCUT2D eigenvalue weighted by molar-refractivity contribution is 9.10. The molecule has 0 atom stereocenters. The lowest BCUT2D eigenvalue weighted by Crippen LogP contribution is -2.39. The zero-order valence-corrected chi connectivity index (χ0v) is 12.8. The van der Waals surface area contributed by atoms with Crippen molar-refractivity contribution in [2.75, 3.05) is 18.1 Å². The fraction of sp³-hybridized carbons (Fsp3) is 0.429. The predicted molar refractivity (Wildman–Crippen MR) is 76.2 cm³/mol. The first-order chi connectivity index (χ1) is 8.87. The van der Waals surface area contributed by atoms with Gasteiger partial charge in [-0.3, -0.25) is 9.59 Å². The van der Waals surface area contributed by atoms with Crippen LogP contribution in [0, 0.1) is 0 Å². The fourth-order valence-corrected chi connectivity index (χ4v) is 2.66. The van der Waals surface area contributed by atoms with Gasteiger partial charge in [-0.25, -0.2) is 0 Å². The van der Waals surface area contributed by atoms with Crippen molar-refractivity contribution in [3.05, 3.63) is 28.2 Å². The highest BCUT2D eigenvalue weighted by Crippen LogP contribution is 2.42. The zero-order valence-electron chi connectivity index (χ0n) is 11.2. The van der Waals surface area contributed by atoms with Gasteiger partial charge in [0, 0.05) is 10.2 Å². The molecule has 0 unspecified atom stereocenters. The fourth-order valence-electron chi connectivity index (χ4n) is 2.30. The van der Waals surface area contributed by atoms with Gasteiger partial charge in [-0.1, -0.05) is 15.9 Å². The van der Waals surface area contributed by atoms with Crippen molar-refractivity contribution in [2.24, 2.45) is 0 Å². The molecule has 5 heteroatoms. The van der Waals surface area contributed by atoms with Crippen molar-refractivity contribution in [2.45, 2.75) is 26.2 Å². The molecule has 0 spiro atoms. The number of fused-ring (bicyclic) bond motifs is 1. The monoisotopic (exact) mass is 325 g/mol. The Hall–Kier alpha value is -1.36. The van der Waals surface area contributed by atoms with Crippen LogP contribution in [0.2, 0.25) is 0 Å². The second-order valence-corrected chi connectivity index (χ2v) is 5.90. The summed E-state index contributed by atoms with van der Waals surface area (Å²) in [5.41, 5.74) is 1.09. The molecule has 0 bridgehead atoms. The Morgan fingerprint density at radius 1 is 1.42 bits per heavy atom. The number of halogens is 1. The molecule has 1 aliphatic rings. The van der Waals surface area contributed by atoms with Crippen LogP contribution in [0.4, 0.5) is 5.69 Å². The number of hydrogen-bond donors (Lipinski definition) is 0. The number of amides is 1. The maximum absolute atomic E-state index is 12.4. The van der Waals surface area contributed by atoms with E-state index >= 15 is 0 Å². The Labute approximate surface area is 120 Å². The zero-order chi connectivity index (χ0) is 14.2. The SMILES string of the molecule is CCOC(=O)CN1C(=O)C(C)(C)c2cc(Br)ccc21. The van der Waals surface area contributed by atoms with Gasteiger partial charge in [0.05, 0.1) is 12.0 Å². The van der Waals surface area contributed by atoms with E-state index in [9.17, 15) is 9.59 Å². The molecule has 0 radical (unpaired) electrons. The number of nitrogens with zero attached hydrogens (tertiary/aromatic N) is 1. The van der Waals surface area contributed by atoms with Crippen LogP contribution in [0.1, 0.15) is 26.3 Å². The number of hydrogen-bond acceptors (Lipinski definition) is 3. The largest absolute Gasteiger partial charge is 0.465 e. The summed E-state index contributed by atoms with van der Waals surface area (Å²) in [7, 11) is 0. The molecule has 0 aliphatic carbocycles. The minimum atomic E-state index is -0.619. The quantitative estimate of drug-likeness (QED) is 0.802. The number of rotatable bonds is 3. The van der Waals surface area contributed by atoms with Crippen LogP contribution in [0.25, 0.3) is 0 Å². The molecule has 0 aromatic heterocycles. The number of esters is 1. The van der Waals surface area contributed by atoms with Gasteiger partial charge in [0.15, 0.2) is 0 Å². The van der Waals surface area contributed by atoms with E-state index in [-0.39, 0.29) is 18.4 Å². The standard InChI is InChI=1S/C14H16BrNO3/c1-4-19-12(17)8-16-11-6-5-9(15)7-10(11)14(2,3)13(16)18/h5-7H,4,8H2,1-3H3. The molecule has 2 rings (SSSR count). The second-order valence-electron chi connectivity index (χ2n) is 4.98. The molecule has 0 saturated heterocycles. The Kier molecular flexibility index (Phi) is 3.67. The van der Waals surface area contributed by atoms with Gasteiger partial charge in [-0.05, 0) is 44.5 Å². The molecule has 0 N–H and O–H groups in total. The van der Waals surface area contributed by atoms with E-state index in [0.29, 0.717) is 6.61 Å². The van der Waals surface area contributed by atoms with Crippen molar-refractivity contribution in [3.63, 3.8) is 0 Å². The van der Waals surface area contributed by atoms with Crippen molar-refractivity contribution in [1.82, 2.24) is 0 Å². The molecule has 102 valence electrons. The summed E-state index contributed by atoms with van der Waals surface area (Å²) in [6, 6.07) is 5.65. The first-order valence-corrected chi connectivity index (χ1v) is 6.95. The van der Waals surface area contributed by atoms with Crippen molar-refractivity contribution in [1.29, 1.82) is 0 Å². The molecule has 4 nitrogen and oxygen atoms in total. The molecular formula is C14H16BrNO3. The Balaban J connectivity index is 2.38. The summed E-state index contributed by atoms with van der Waals surface area (Å²) in [4.78, 5) is 25.5. The van der Waals surface area contributed by atoms with Crippen molar-refractivity contribution >= 4 is 33.5 Å². The van der Waals surface area contributed by atoms with Crippen molar-refractivity contribution in [3.8, 4) is 0 Å². The van der Waals surface area contributed by atoms with Crippen LogP contribution in [0.3, 0.4) is 0 Å². The van der Waals surface area contributed by atoms with E-state index < -0.39 is 5.41 Å². The third kappa shape index (κ3) is 2.39. The molecule has 1 aromatic rings. The van der Waals surface area contributed by atoms with E-state index in [4.69, 9.17) is 4.74 Å². The Morgan fingerprint density at radius 3 is 2.74 bits per heavy atom. The topological polar surface area (TPSA) is 46.6 Å². The number of carbonyl (C=O) groups excluding carboxylic acids is 2. The third-order valence-electron chi connectivity index (χ3n) is 3.30. The number of carbonyl (C=O) groups is 2. The first kappa shape index (κ1) is 14.1. The second kappa shape index (κ2) is 4.96. The summed E-state index contributed by atoms with van der Waals surface area (Å²) in [6.45, 7) is 5.76. The Morgan fingerprint density at radius 2 is 2.11 bits per heavy atom. The lowest BCUT2D eigenvalue weighted by Gasteiger charge is -2.19. The summed E-state index contributed by atoms with van der Waals surface area (Å²) in [5.74, 6) is -0.462. The van der Waals surface area contributed by atoms with E-state index in [2.05, 4.69) is 15.9 Å². The van der Waals surface area contributed by atoms with Gasteiger partial charge in [-0.2, -0.15) is 0 Å². The van der Waals surface area contributed by atoms with Gasteiger partial charge >= 0.3 is 5.97 Å². The van der Waals surface area contributed by atoms with Gasteiger partial charge in [0.1, 0.15) is 6.54 Å². The first-order valence-electron chi connectivity index (χ1n) is 6.15. The molecule has 1 aromatic carbocycles. The average molecular weight is 326 g/mol. The van der Waals surface area contributed by atoms with Gasteiger partial charge in [0.2, 0.25) is 5.91 Å². The van der Waals surface area contributed by atoms with Gasteiger partial charge < -0.3 is 9.64 Å². The molecule has 0 saturated carbocycles. The molecular weight excluding hydrogens is 310 g/mol. The minimum Gasteiger partial charge on any atom is -0.465 e. The van der Waals surface area contributed by atoms with Crippen LogP contribution in [-0.2, 0) is 19.7 Å². The predicted octanol–water partition coefficient (Wildman–Crippen LogP) is 2.64. The number of benzene rings is 1. The van der Waals surface area contributed by atoms with Gasteiger partial charge in [-0.15, -0.1) is 0 Å². The highest BCUT2D eigenvalue weighted by atomic mass is 79.9. The maximum atomic E-state index is 12.4. The van der Waals surface area contributed by atoms with E-state index in [1.54, 1.807) is 6.92 Å². The van der Waals surface area contributed by atoms with Crippen LogP contribution in [-0.4, -0.2) is 25.0 Å². The third-order valence-corrected chi connectivity index (χ3v) is 3.79. The molecule has 1 aliphatic heterocycles. The highest BCUT2D eigenvalue weighted by Gasteiger charge is 2.44. The van der Waals surface area contributed by atoms with Crippen LogP contribution >= 0.6 is 15.9 Å². The number of ether oxygens (including phenoxy) is 1. The van der Waals surface area contributed by atoms with E-state index in [0.717, 1.165) is 15.7 Å². The summed E-state index contributed by atoms with van der Waals surface area (Å²) in [6.07, 6.45) is 0. The van der Waals surface area contributed by atoms with Crippen LogP contribution in [0.15, 0.2) is 22.7 Å². The summed E-state index contributed by atoms with van der Waals surface area (Å²) < 4.78 is 5.84. The van der Waals surface area contributed by atoms with E-state index in [1.807, 2.05) is 32.0 Å². The average Bonchev–Trinajstić information content (AvgIpc) is 2.51. The number of anilines is 1. The lowest BCUT2D eigenvalue weighted by molar-refractivity contribution is -0.142. The normalized spacial score (nSPS) is 16.4. The molecule has 1 amide bonds. The molecule has 0 fully saturated rings. The van der Waals surface area contributed by atoms with Crippen LogP contribution in [0.5, 0.6) is 0 Å². The lowest BCUT2D eigenvalue weighted by atomic mass is 9.86.